The van der Waals surface area contributed by atoms with Crippen LogP contribution >= 0.6 is 0 Å². The molecule has 0 aromatic carbocycles. The maximum atomic E-state index is 11.6. The zero-order valence-corrected chi connectivity index (χ0v) is 12.9. The Balaban J connectivity index is 1.95. The molecule has 0 radical (unpaired) electrons. The highest BCUT2D eigenvalue weighted by Gasteiger charge is 2.62. The number of ether oxygens (including phenoxy) is 1. The van der Waals surface area contributed by atoms with Gasteiger partial charge in [0.05, 0.1) is 0 Å². The largest absolute Gasteiger partial charge is 0.459 e. The van der Waals surface area contributed by atoms with E-state index in [1.54, 1.807) is 6.92 Å². The molecule has 0 aromatic rings. The Kier molecular flexibility index (Phi) is 2.82. The minimum atomic E-state index is -0.129. The highest BCUT2D eigenvalue weighted by Crippen LogP contribution is 2.65. The molecule has 0 amide bonds. The van der Waals surface area contributed by atoms with Gasteiger partial charge in [-0.05, 0) is 61.7 Å². The van der Waals surface area contributed by atoms with E-state index in [4.69, 9.17) is 4.74 Å². The zero-order chi connectivity index (χ0) is 13.9. The average molecular weight is 264 g/mol. The maximum Gasteiger partial charge on any atom is 0.303 e. The van der Waals surface area contributed by atoms with E-state index in [9.17, 15) is 4.79 Å². The van der Waals surface area contributed by atoms with Crippen LogP contribution in [0.5, 0.6) is 0 Å². The van der Waals surface area contributed by atoms with Crippen LogP contribution in [-0.2, 0) is 9.53 Å². The normalized spacial score (nSPS) is 47.6. The molecule has 3 fully saturated rings. The van der Waals surface area contributed by atoms with Gasteiger partial charge in [0, 0.05) is 12.8 Å². The Hall–Kier alpha value is -0.530. The quantitative estimate of drug-likeness (QED) is 0.659. The molecule has 0 saturated heterocycles. The summed E-state index contributed by atoms with van der Waals surface area (Å²) in [6.45, 7) is 8.80. The third-order valence-electron chi connectivity index (χ3n) is 6.42. The second-order valence-electron chi connectivity index (χ2n) is 8.44. The van der Waals surface area contributed by atoms with Gasteiger partial charge in [0.15, 0.2) is 0 Å². The first-order valence-electron chi connectivity index (χ1n) is 7.96. The molecule has 3 aliphatic carbocycles. The molecule has 2 nitrogen and oxygen atoms in total. The van der Waals surface area contributed by atoms with E-state index in [0.29, 0.717) is 16.7 Å². The molecule has 2 bridgehead atoms. The highest BCUT2D eigenvalue weighted by atomic mass is 16.6. The van der Waals surface area contributed by atoms with Crippen molar-refractivity contribution < 1.29 is 9.53 Å². The van der Waals surface area contributed by atoms with Crippen LogP contribution in [0.25, 0.3) is 0 Å². The zero-order valence-electron chi connectivity index (χ0n) is 12.9. The van der Waals surface area contributed by atoms with Gasteiger partial charge >= 0.3 is 5.97 Å². The lowest BCUT2D eigenvalue weighted by Gasteiger charge is -2.59. The third-order valence-corrected chi connectivity index (χ3v) is 6.42. The molecule has 0 N–H and O–H groups in total. The van der Waals surface area contributed by atoms with E-state index in [1.165, 1.54) is 32.1 Å². The molecule has 0 heterocycles. The van der Waals surface area contributed by atoms with E-state index in [2.05, 4.69) is 20.8 Å². The van der Waals surface area contributed by atoms with Crippen LogP contribution in [0.4, 0.5) is 0 Å². The second kappa shape index (κ2) is 3.99. The van der Waals surface area contributed by atoms with Crippen molar-refractivity contribution in [1.82, 2.24) is 0 Å². The van der Waals surface area contributed by atoms with Crippen LogP contribution in [-0.4, -0.2) is 11.6 Å². The lowest BCUT2D eigenvalue weighted by Crippen LogP contribution is -2.57. The van der Waals surface area contributed by atoms with Crippen molar-refractivity contribution in [3.8, 4) is 0 Å². The SMILES string of the molecule is CC(=O)O[C@@]12CCCC(C)(CC[C@@H]3[C@H]1CC3(C)C)C2. The summed E-state index contributed by atoms with van der Waals surface area (Å²) in [7, 11) is 0. The lowest BCUT2D eigenvalue weighted by atomic mass is 9.49. The van der Waals surface area contributed by atoms with Crippen molar-refractivity contribution in [2.75, 3.05) is 0 Å². The van der Waals surface area contributed by atoms with Gasteiger partial charge in [0.2, 0.25) is 0 Å². The fraction of sp³-hybridized carbons (Fsp3) is 0.941. The third kappa shape index (κ3) is 2.02. The summed E-state index contributed by atoms with van der Waals surface area (Å²) in [5, 5.41) is 0. The first-order valence-corrected chi connectivity index (χ1v) is 7.96. The maximum absolute atomic E-state index is 11.6. The summed E-state index contributed by atoms with van der Waals surface area (Å²) in [5.41, 5.74) is 0.724. The van der Waals surface area contributed by atoms with Crippen LogP contribution in [0, 0.1) is 22.7 Å². The summed E-state index contributed by atoms with van der Waals surface area (Å²) >= 11 is 0. The van der Waals surface area contributed by atoms with E-state index >= 15 is 0 Å². The highest BCUT2D eigenvalue weighted by molar-refractivity contribution is 5.66. The van der Waals surface area contributed by atoms with Crippen LogP contribution in [0.3, 0.4) is 0 Å². The van der Waals surface area contributed by atoms with Gasteiger partial charge in [-0.3, -0.25) is 4.79 Å². The molecule has 4 atom stereocenters. The molecule has 0 aliphatic heterocycles. The topological polar surface area (TPSA) is 26.3 Å². The van der Waals surface area contributed by atoms with E-state index in [1.807, 2.05) is 0 Å². The molecule has 19 heavy (non-hydrogen) atoms. The lowest BCUT2D eigenvalue weighted by molar-refractivity contribution is -0.199. The van der Waals surface area contributed by atoms with Crippen molar-refractivity contribution in [1.29, 1.82) is 0 Å². The van der Waals surface area contributed by atoms with Gasteiger partial charge in [-0.2, -0.15) is 0 Å². The molecule has 3 saturated carbocycles. The minimum absolute atomic E-state index is 0.0744. The summed E-state index contributed by atoms with van der Waals surface area (Å²) in [6, 6.07) is 0. The fourth-order valence-corrected chi connectivity index (χ4v) is 5.59. The molecule has 0 spiro atoms. The molecule has 1 unspecified atom stereocenters. The predicted octanol–water partition coefficient (Wildman–Crippen LogP) is 4.32. The number of hydrogen-bond donors (Lipinski definition) is 0. The number of esters is 1. The van der Waals surface area contributed by atoms with Gasteiger partial charge in [-0.15, -0.1) is 0 Å². The Bertz CT molecular complexity index is 400. The van der Waals surface area contributed by atoms with Crippen LogP contribution in [0.15, 0.2) is 0 Å². The van der Waals surface area contributed by atoms with E-state index < -0.39 is 0 Å². The van der Waals surface area contributed by atoms with Crippen LogP contribution in [0.1, 0.15) is 72.6 Å². The van der Waals surface area contributed by atoms with Gasteiger partial charge in [-0.1, -0.05) is 20.8 Å². The first-order chi connectivity index (χ1) is 8.77. The fourth-order valence-electron chi connectivity index (χ4n) is 5.59. The van der Waals surface area contributed by atoms with Crippen LogP contribution in [0.2, 0.25) is 0 Å². The second-order valence-corrected chi connectivity index (χ2v) is 8.44. The van der Waals surface area contributed by atoms with Gasteiger partial charge < -0.3 is 4.74 Å². The summed E-state index contributed by atoms with van der Waals surface area (Å²) in [5.74, 6) is 1.30. The Labute approximate surface area is 117 Å². The number of rotatable bonds is 1. The van der Waals surface area contributed by atoms with Crippen LogP contribution < -0.4 is 0 Å². The minimum Gasteiger partial charge on any atom is -0.459 e. The molecule has 2 heteroatoms. The summed E-state index contributed by atoms with van der Waals surface area (Å²) in [6.07, 6.45) is 8.64. The standard InChI is InChI=1S/C17H28O2/c1-12(18)19-17-8-5-7-16(4,11-17)9-6-13-14(17)10-15(13,2)3/h13-14H,5-11H2,1-4H3/t13-,14-,16?,17-/m1/s1. The smallest absolute Gasteiger partial charge is 0.303 e. The number of carbonyl (C=O) groups excluding carboxylic acids is 1. The predicted molar refractivity (Wildman–Crippen MR) is 75.7 cm³/mol. The Morgan fingerprint density at radius 3 is 2.47 bits per heavy atom. The van der Waals surface area contributed by atoms with Gasteiger partial charge in [0.1, 0.15) is 5.60 Å². The Morgan fingerprint density at radius 1 is 1.11 bits per heavy atom. The van der Waals surface area contributed by atoms with E-state index in [0.717, 1.165) is 18.8 Å². The first kappa shape index (κ1) is 13.5. The summed E-state index contributed by atoms with van der Waals surface area (Å²) < 4.78 is 5.98. The monoisotopic (exact) mass is 264 g/mol. The molecule has 0 aromatic heterocycles. The molecule has 3 aliphatic rings. The average Bonchev–Trinajstić information content (AvgIpc) is 2.30. The van der Waals surface area contributed by atoms with Crippen molar-refractivity contribution in [2.24, 2.45) is 22.7 Å². The van der Waals surface area contributed by atoms with Gasteiger partial charge in [-0.25, -0.2) is 0 Å². The van der Waals surface area contributed by atoms with E-state index in [-0.39, 0.29) is 11.6 Å². The molecular formula is C17H28O2. The summed E-state index contributed by atoms with van der Waals surface area (Å²) in [4.78, 5) is 11.6. The van der Waals surface area contributed by atoms with Crippen molar-refractivity contribution in [2.45, 2.75) is 78.2 Å². The number of fused-ring (bicyclic) bond motifs is 4. The van der Waals surface area contributed by atoms with Crippen molar-refractivity contribution in [3.05, 3.63) is 0 Å². The van der Waals surface area contributed by atoms with Crippen molar-refractivity contribution >= 4 is 5.97 Å². The Morgan fingerprint density at radius 2 is 1.84 bits per heavy atom. The molecular weight excluding hydrogens is 236 g/mol. The number of hydrogen-bond acceptors (Lipinski definition) is 2. The van der Waals surface area contributed by atoms with Gasteiger partial charge in [0.25, 0.3) is 0 Å². The number of carbonyl (C=O) groups is 1. The van der Waals surface area contributed by atoms with Crippen molar-refractivity contribution in [3.63, 3.8) is 0 Å². The molecule has 3 rings (SSSR count). The molecule has 108 valence electrons.